The number of rotatable bonds is 6. The minimum absolute atomic E-state index is 0.00449. The van der Waals surface area contributed by atoms with Gasteiger partial charge in [-0.05, 0) is 43.7 Å². The maximum absolute atomic E-state index is 12.8. The van der Waals surface area contributed by atoms with Crippen LogP contribution in [-0.4, -0.2) is 28.3 Å². The molecular formula is C17H18N2O3S. The molecule has 1 fully saturated rings. The first kappa shape index (κ1) is 15.7. The Labute approximate surface area is 138 Å². The Bertz CT molecular complexity index is 723. The molecule has 23 heavy (non-hydrogen) atoms. The van der Waals surface area contributed by atoms with E-state index >= 15 is 0 Å². The van der Waals surface area contributed by atoms with Gasteiger partial charge in [0.05, 0.1) is 4.92 Å². The second-order valence-electron chi connectivity index (χ2n) is 5.82. The van der Waals surface area contributed by atoms with Crippen molar-refractivity contribution in [1.29, 1.82) is 0 Å². The molecular weight excluding hydrogens is 312 g/mol. The minimum Gasteiger partial charge on any atom is -0.335 e. The quantitative estimate of drug-likeness (QED) is 0.597. The molecule has 1 amide bonds. The SMILES string of the molecule is Cc1ccc(C(=O)N(CCc2cccs2)C2CC2)cc1[N+](=O)[O-]. The van der Waals surface area contributed by atoms with Crippen molar-refractivity contribution in [3.05, 3.63) is 61.8 Å². The van der Waals surface area contributed by atoms with E-state index in [4.69, 9.17) is 0 Å². The highest BCUT2D eigenvalue weighted by Gasteiger charge is 2.33. The number of nitro benzene ring substituents is 1. The van der Waals surface area contributed by atoms with Gasteiger partial charge in [-0.2, -0.15) is 0 Å². The zero-order chi connectivity index (χ0) is 16.4. The standard InChI is InChI=1S/C17H18N2O3S/c1-12-4-5-13(11-16(12)19(21)22)17(20)18(14-6-7-14)9-8-15-3-2-10-23-15/h2-5,10-11,14H,6-9H2,1H3. The van der Waals surface area contributed by atoms with Crippen LogP contribution in [-0.2, 0) is 6.42 Å². The summed E-state index contributed by atoms with van der Waals surface area (Å²) in [6.45, 7) is 2.34. The van der Waals surface area contributed by atoms with Crippen molar-refractivity contribution < 1.29 is 9.72 Å². The first-order chi connectivity index (χ1) is 11.1. The van der Waals surface area contributed by atoms with Gasteiger partial charge in [-0.3, -0.25) is 14.9 Å². The van der Waals surface area contributed by atoms with E-state index in [2.05, 4.69) is 6.07 Å². The molecule has 0 bridgehead atoms. The van der Waals surface area contributed by atoms with Gasteiger partial charge in [0.15, 0.2) is 0 Å². The molecule has 0 saturated heterocycles. The van der Waals surface area contributed by atoms with Gasteiger partial charge < -0.3 is 4.90 Å². The number of nitro groups is 1. The van der Waals surface area contributed by atoms with Crippen molar-refractivity contribution >= 4 is 22.9 Å². The number of benzene rings is 1. The molecule has 0 radical (unpaired) electrons. The van der Waals surface area contributed by atoms with Crippen LogP contribution in [0.1, 0.15) is 33.6 Å². The second kappa shape index (κ2) is 6.50. The van der Waals surface area contributed by atoms with E-state index in [1.807, 2.05) is 16.3 Å². The average Bonchev–Trinajstić information content (AvgIpc) is 3.22. The van der Waals surface area contributed by atoms with E-state index in [1.54, 1.807) is 30.4 Å². The average molecular weight is 330 g/mol. The van der Waals surface area contributed by atoms with Crippen LogP contribution < -0.4 is 0 Å². The Kier molecular flexibility index (Phi) is 4.43. The summed E-state index contributed by atoms with van der Waals surface area (Å²) in [4.78, 5) is 26.5. The summed E-state index contributed by atoms with van der Waals surface area (Å²) >= 11 is 1.69. The number of hydrogen-bond acceptors (Lipinski definition) is 4. The van der Waals surface area contributed by atoms with Crippen molar-refractivity contribution in [2.45, 2.75) is 32.2 Å². The summed E-state index contributed by atoms with van der Waals surface area (Å²) in [5.74, 6) is -0.104. The number of carbonyl (C=O) groups excluding carboxylic acids is 1. The number of amides is 1. The third-order valence-corrected chi connectivity index (χ3v) is 5.02. The molecule has 0 atom stereocenters. The predicted octanol–water partition coefficient (Wildman–Crippen LogP) is 3.81. The number of nitrogens with zero attached hydrogens (tertiary/aromatic N) is 2. The molecule has 120 valence electrons. The fourth-order valence-electron chi connectivity index (χ4n) is 2.63. The molecule has 1 aromatic carbocycles. The molecule has 1 heterocycles. The van der Waals surface area contributed by atoms with Crippen LogP contribution >= 0.6 is 11.3 Å². The topological polar surface area (TPSA) is 63.5 Å². The summed E-state index contributed by atoms with van der Waals surface area (Å²) in [5, 5.41) is 13.1. The van der Waals surface area contributed by atoms with E-state index in [9.17, 15) is 14.9 Å². The van der Waals surface area contributed by atoms with Crippen LogP contribution in [0.2, 0.25) is 0 Å². The molecule has 1 aliphatic rings. The summed E-state index contributed by atoms with van der Waals surface area (Å²) in [6, 6.07) is 9.09. The maximum atomic E-state index is 12.8. The van der Waals surface area contributed by atoms with Crippen LogP contribution in [0.5, 0.6) is 0 Å². The van der Waals surface area contributed by atoms with Gasteiger partial charge in [-0.15, -0.1) is 11.3 Å². The van der Waals surface area contributed by atoms with Crippen molar-refractivity contribution in [3.63, 3.8) is 0 Å². The highest BCUT2D eigenvalue weighted by Crippen LogP contribution is 2.30. The van der Waals surface area contributed by atoms with Crippen molar-refractivity contribution in [1.82, 2.24) is 4.90 Å². The zero-order valence-electron chi connectivity index (χ0n) is 12.9. The van der Waals surface area contributed by atoms with Gasteiger partial charge in [-0.25, -0.2) is 0 Å². The molecule has 0 unspecified atom stereocenters. The fraction of sp³-hybridized carbons (Fsp3) is 0.353. The van der Waals surface area contributed by atoms with E-state index in [0.717, 1.165) is 19.3 Å². The van der Waals surface area contributed by atoms with E-state index in [1.165, 1.54) is 10.9 Å². The Morgan fingerprint density at radius 2 is 2.17 bits per heavy atom. The van der Waals surface area contributed by atoms with E-state index < -0.39 is 4.92 Å². The summed E-state index contributed by atoms with van der Waals surface area (Å²) < 4.78 is 0. The van der Waals surface area contributed by atoms with Gasteiger partial charge >= 0.3 is 0 Å². The van der Waals surface area contributed by atoms with Crippen LogP contribution in [0.3, 0.4) is 0 Å². The molecule has 1 aliphatic carbocycles. The Balaban J connectivity index is 1.78. The number of aryl methyl sites for hydroxylation is 1. The summed E-state index contributed by atoms with van der Waals surface area (Å²) in [6.07, 6.45) is 2.86. The largest absolute Gasteiger partial charge is 0.335 e. The number of carbonyl (C=O) groups is 1. The molecule has 3 rings (SSSR count). The monoisotopic (exact) mass is 330 g/mol. The van der Waals surface area contributed by atoms with Gasteiger partial charge in [0.1, 0.15) is 0 Å². The molecule has 1 aromatic heterocycles. The van der Waals surface area contributed by atoms with Gasteiger partial charge in [0.2, 0.25) is 0 Å². The molecule has 0 spiro atoms. The van der Waals surface area contributed by atoms with Gasteiger partial charge in [-0.1, -0.05) is 12.1 Å². The van der Waals surface area contributed by atoms with Crippen LogP contribution in [0.25, 0.3) is 0 Å². The van der Waals surface area contributed by atoms with Crippen molar-refractivity contribution in [2.75, 3.05) is 6.54 Å². The van der Waals surface area contributed by atoms with Crippen LogP contribution in [0.15, 0.2) is 35.7 Å². The lowest BCUT2D eigenvalue weighted by Gasteiger charge is -2.22. The lowest BCUT2D eigenvalue weighted by Crippen LogP contribution is -2.34. The molecule has 2 aromatic rings. The third-order valence-electron chi connectivity index (χ3n) is 4.08. The first-order valence-corrected chi connectivity index (χ1v) is 8.52. The lowest BCUT2D eigenvalue weighted by atomic mass is 10.1. The van der Waals surface area contributed by atoms with Crippen molar-refractivity contribution in [3.8, 4) is 0 Å². The Hall–Kier alpha value is -2.21. The highest BCUT2D eigenvalue weighted by molar-refractivity contribution is 7.09. The molecule has 0 N–H and O–H groups in total. The molecule has 5 nitrogen and oxygen atoms in total. The van der Waals surface area contributed by atoms with E-state index in [0.29, 0.717) is 17.7 Å². The molecule has 6 heteroatoms. The Morgan fingerprint density at radius 3 is 2.78 bits per heavy atom. The number of thiophene rings is 1. The molecule has 0 aliphatic heterocycles. The lowest BCUT2D eigenvalue weighted by molar-refractivity contribution is -0.385. The Morgan fingerprint density at radius 1 is 1.39 bits per heavy atom. The van der Waals surface area contributed by atoms with E-state index in [-0.39, 0.29) is 17.6 Å². The van der Waals surface area contributed by atoms with Crippen LogP contribution in [0.4, 0.5) is 5.69 Å². The fourth-order valence-corrected chi connectivity index (χ4v) is 3.32. The summed E-state index contributed by atoms with van der Waals surface area (Å²) in [7, 11) is 0. The second-order valence-corrected chi connectivity index (χ2v) is 6.85. The zero-order valence-corrected chi connectivity index (χ0v) is 13.7. The van der Waals surface area contributed by atoms with Crippen LogP contribution in [0, 0.1) is 17.0 Å². The predicted molar refractivity (Wildman–Crippen MR) is 89.9 cm³/mol. The first-order valence-electron chi connectivity index (χ1n) is 7.64. The van der Waals surface area contributed by atoms with Gasteiger partial charge in [0.25, 0.3) is 11.6 Å². The summed E-state index contributed by atoms with van der Waals surface area (Å²) in [5.41, 5.74) is 0.980. The normalized spacial score (nSPS) is 13.8. The third kappa shape index (κ3) is 3.59. The number of hydrogen-bond donors (Lipinski definition) is 0. The van der Waals surface area contributed by atoms with Gasteiger partial charge in [0, 0.05) is 34.7 Å². The molecule has 1 saturated carbocycles. The maximum Gasteiger partial charge on any atom is 0.273 e. The highest BCUT2D eigenvalue weighted by atomic mass is 32.1. The minimum atomic E-state index is -0.431. The van der Waals surface area contributed by atoms with Crippen molar-refractivity contribution in [2.24, 2.45) is 0 Å². The smallest absolute Gasteiger partial charge is 0.273 e.